The molecule has 3 nitrogen and oxygen atoms in total. The molecule has 0 spiro atoms. The summed E-state index contributed by atoms with van der Waals surface area (Å²) < 4.78 is 0. The van der Waals surface area contributed by atoms with E-state index in [0.717, 1.165) is 0 Å². The van der Waals surface area contributed by atoms with Gasteiger partial charge in [0.2, 0.25) is 0 Å². The van der Waals surface area contributed by atoms with Crippen molar-refractivity contribution in [1.82, 2.24) is 10.6 Å². The minimum Gasteiger partial charge on any atom is -0.351 e. The van der Waals surface area contributed by atoms with E-state index >= 15 is 0 Å². The van der Waals surface area contributed by atoms with Crippen LogP contribution in [0.3, 0.4) is 0 Å². The van der Waals surface area contributed by atoms with Gasteiger partial charge in [-0.2, -0.15) is 0 Å². The Labute approximate surface area is 98.8 Å². The van der Waals surface area contributed by atoms with Gasteiger partial charge in [0.25, 0.3) is 5.91 Å². The minimum atomic E-state index is -0.210. The van der Waals surface area contributed by atoms with Crippen LogP contribution in [0.1, 0.15) is 10.4 Å². The normalized spacial score (nSPS) is 10.1. The topological polar surface area (TPSA) is 41.1 Å². The predicted molar refractivity (Wildman–Crippen MR) is 62.7 cm³/mol. The lowest BCUT2D eigenvalue weighted by Gasteiger charge is -2.06. The van der Waals surface area contributed by atoms with Crippen molar-refractivity contribution < 1.29 is 4.79 Å². The molecule has 0 saturated heterocycles. The molecule has 0 fully saturated rings. The number of carbonyl (C=O) groups is 1. The summed E-state index contributed by atoms with van der Waals surface area (Å²) in [6, 6.07) is 4.98. The van der Waals surface area contributed by atoms with Crippen molar-refractivity contribution in [3.05, 3.63) is 33.8 Å². The maximum atomic E-state index is 11.6. The van der Waals surface area contributed by atoms with Crippen molar-refractivity contribution in [3.8, 4) is 0 Å². The Bertz CT molecular complexity index is 355. The third kappa shape index (κ3) is 3.38. The second kappa shape index (κ2) is 5.95. The van der Waals surface area contributed by atoms with E-state index in [2.05, 4.69) is 10.6 Å². The Hall–Kier alpha value is -0.770. The van der Waals surface area contributed by atoms with E-state index in [-0.39, 0.29) is 5.91 Å². The highest BCUT2D eigenvalue weighted by Crippen LogP contribution is 2.25. The number of likely N-dealkylation sites (N-methyl/N-ethyl adjacent to an activating group) is 1. The van der Waals surface area contributed by atoms with Gasteiger partial charge < -0.3 is 10.6 Å². The van der Waals surface area contributed by atoms with E-state index in [0.29, 0.717) is 28.7 Å². The molecule has 1 amide bonds. The number of hydrogen-bond acceptors (Lipinski definition) is 2. The average Bonchev–Trinajstić information content (AvgIpc) is 2.22. The van der Waals surface area contributed by atoms with Crippen LogP contribution in [0, 0.1) is 0 Å². The van der Waals surface area contributed by atoms with Gasteiger partial charge in [-0.3, -0.25) is 4.79 Å². The molecule has 0 aliphatic carbocycles. The number of nitrogens with one attached hydrogen (secondary N) is 2. The van der Waals surface area contributed by atoms with Crippen LogP contribution >= 0.6 is 23.2 Å². The molecule has 0 aliphatic heterocycles. The first-order valence-electron chi connectivity index (χ1n) is 4.53. The summed E-state index contributed by atoms with van der Waals surface area (Å²) in [6.45, 7) is 1.27. The summed E-state index contributed by atoms with van der Waals surface area (Å²) in [7, 11) is 1.82. The SMILES string of the molecule is CNCCNC(=O)c1cccc(Cl)c1Cl. The lowest BCUT2D eigenvalue weighted by molar-refractivity contribution is 0.0954. The van der Waals surface area contributed by atoms with Gasteiger partial charge in [-0.25, -0.2) is 0 Å². The Morgan fingerprint density at radius 3 is 2.73 bits per heavy atom. The van der Waals surface area contributed by atoms with Crippen LogP contribution in [-0.4, -0.2) is 26.0 Å². The highest BCUT2D eigenvalue weighted by Gasteiger charge is 2.11. The summed E-state index contributed by atoms with van der Waals surface area (Å²) in [5.74, 6) is -0.210. The van der Waals surface area contributed by atoms with Crippen LogP contribution < -0.4 is 10.6 Å². The van der Waals surface area contributed by atoms with Crippen molar-refractivity contribution >= 4 is 29.1 Å². The molecule has 82 valence electrons. The van der Waals surface area contributed by atoms with E-state index in [4.69, 9.17) is 23.2 Å². The van der Waals surface area contributed by atoms with E-state index in [1.165, 1.54) is 0 Å². The zero-order valence-electron chi connectivity index (χ0n) is 8.31. The van der Waals surface area contributed by atoms with E-state index in [1.807, 2.05) is 7.05 Å². The molecule has 0 atom stereocenters. The minimum absolute atomic E-state index is 0.210. The molecule has 0 heterocycles. The molecule has 0 saturated carbocycles. The standard InChI is InChI=1S/C10H12Cl2N2O/c1-13-5-6-14-10(15)7-3-2-4-8(11)9(7)12/h2-4,13H,5-6H2,1H3,(H,14,15). The number of benzene rings is 1. The zero-order chi connectivity index (χ0) is 11.3. The van der Waals surface area contributed by atoms with Crippen LogP contribution in [0.5, 0.6) is 0 Å². The Morgan fingerprint density at radius 1 is 1.33 bits per heavy atom. The van der Waals surface area contributed by atoms with Gasteiger partial charge in [-0.15, -0.1) is 0 Å². The molecule has 1 rings (SSSR count). The van der Waals surface area contributed by atoms with Gasteiger partial charge in [-0.05, 0) is 19.2 Å². The third-order valence-electron chi connectivity index (χ3n) is 1.86. The fourth-order valence-electron chi connectivity index (χ4n) is 1.08. The lowest BCUT2D eigenvalue weighted by Crippen LogP contribution is -2.30. The number of carbonyl (C=O) groups excluding carboxylic acids is 1. The molecule has 1 aromatic rings. The molecule has 5 heteroatoms. The van der Waals surface area contributed by atoms with E-state index < -0.39 is 0 Å². The third-order valence-corrected chi connectivity index (χ3v) is 2.68. The average molecular weight is 247 g/mol. The smallest absolute Gasteiger partial charge is 0.252 e. The van der Waals surface area contributed by atoms with Crippen LogP contribution in [0.2, 0.25) is 10.0 Å². The molecule has 0 unspecified atom stereocenters. The largest absolute Gasteiger partial charge is 0.351 e. The summed E-state index contributed by atoms with van der Waals surface area (Å²) >= 11 is 11.7. The van der Waals surface area contributed by atoms with E-state index in [1.54, 1.807) is 18.2 Å². The second-order valence-corrected chi connectivity index (χ2v) is 3.75. The van der Waals surface area contributed by atoms with Crippen molar-refractivity contribution in [2.45, 2.75) is 0 Å². The monoisotopic (exact) mass is 246 g/mol. The Balaban J connectivity index is 2.69. The van der Waals surface area contributed by atoms with Crippen LogP contribution in [0.15, 0.2) is 18.2 Å². The molecule has 15 heavy (non-hydrogen) atoms. The first-order valence-corrected chi connectivity index (χ1v) is 5.29. The highest BCUT2D eigenvalue weighted by molar-refractivity contribution is 6.43. The maximum Gasteiger partial charge on any atom is 0.252 e. The number of halogens is 2. The van der Waals surface area contributed by atoms with E-state index in [9.17, 15) is 4.79 Å². The summed E-state index contributed by atoms with van der Waals surface area (Å²) in [5, 5.41) is 6.33. The van der Waals surface area contributed by atoms with Gasteiger partial charge in [0.05, 0.1) is 15.6 Å². The molecule has 0 aliphatic rings. The maximum absolute atomic E-state index is 11.6. The lowest BCUT2D eigenvalue weighted by atomic mass is 10.2. The molecule has 0 aromatic heterocycles. The van der Waals surface area contributed by atoms with Gasteiger partial charge in [0, 0.05) is 13.1 Å². The van der Waals surface area contributed by atoms with Crippen LogP contribution in [-0.2, 0) is 0 Å². The quantitative estimate of drug-likeness (QED) is 0.798. The van der Waals surface area contributed by atoms with Crippen molar-refractivity contribution in [2.24, 2.45) is 0 Å². The van der Waals surface area contributed by atoms with Crippen molar-refractivity contribution in [1.29, 1.82) is 0 Å². The Kier molecular flexibility index (Phi) is 4.88. The summed E-state index contributed by atoms with van der Waals surface area (Å²) in [5.41, 5.74) is 0.403. The van der Waals surface area contributed by atoms with Crippen LogP contribution in [0.25, 0.3) is 0 Å². The second-order valence-electron chi connectivity index (χ2n) is 2.96. The van der Waals surface area contributed by atoms with Gasteiger partial charge >= 0.3 is 0 Å². The van der Waals surface area contributed by atoms with Crippen molar-refractivity contribution in [2.75, 3.05) is 20.1 Å². The first kappa shape index (κ1) is 12.3. The highest BCUT2D eigenvalue weighted by atomic mass is 35.5. The molecular formula is C10H12Cl2N2O. The molecular weight excluding hydrogens is 235 g/mol. The Morgan fingerprint density at radius 2 is 2.07 bits per heavy atom. The molecule has 1 aromatic carbocycles. The summed E-state index contributed by atoms with van der Waals surface area (Å²) in [6.07, 6.45) is 0. The number of hydrogen-bond donors (Lipinski definition) is 2. The van der Waals surface area contributed by atoms with Gasteiger partial charge in [-0.1, -0.05) is 29.3 Å². The molecule has 2 N–H and O–H groups in total. The van der Waals surface area contributed by atoms with Gasteiger partial charge in [0.15, 0.2) is 0 Å². The zero-order valence-corrected chi connectivity index (χ0v) is 9.82. The van der Waals surface area contributed by atoms with Crippen molar-refractivity contribution in [3.63, 3.8) is 0 Å². The van der Waals surface area contributed by atoms with Gasteiger partial charge in [0.1, 0.15) is 0 Å². The predicted octanol–water partition coefficient (Wildman–Crippen LogP) is 1.94. The summed E-state index contributed by atoms with van der Waals surface area (Å²) in [4.78, 5) is 11.6. The van der Waals surface area contributed by atoms with Crippen LogP contribution in [0.4, 0.5) is 0 Å². The number of rotatable bonds is 4. The fourth-order valence-corrected chi connectivity index (χ4v) is 1.46. The fraction of sp³-hybridized carbons (Fsp3) is 0.300. The first-order chi connectivity index (χ1) is 7.16. The molecule has 0 bridgehead atoms. The molecule has 0 radical (unpaired) electrons. The number of amides is 1.